The van der Waals surface area contributed by atoms with Gasteiger partial charge in [-0.1, -0.05) is 54.8 Å². The van der Waals surface area contributed by atoms with Gasteiger partial charge in [-0.2, -0.15) is 0 Å². The molecular formula is C27H29N3O3. The summed E-state index contributed by atoms with van der Waals surface area (Å²) in [5.74, 6) is 1.15. The summed E-state index contributed by atoms with van der Waals surface area (Å²) in [4.78, 5) is 25.9. The molecule has 2 fully saturated rings. The first-order valence-corrected chi connectivity index (χ1v) is 11.9. The zero-order valence-corrected chi connectivity index (χ0v) is 18.6. The molecule has 5 rings (SSSR count). The molecule has 0 saturated heterocycles. The number of aromatic nitrogens is 1. The minimum absolute atomic E-state index is 0.164. The highest BCUT2D eigenvalue weighted by Crippen LogP contribution is 2.40. The topological polar surface area (TPSA) is 84.2 Å². The molecule has 2 aliphatic rings. The lowest BCUT2D eigenvalue weighted by Crippen LogP contribution is -2.34. The van der Waals surface area contributed by atoms with Crippen LogP contribution in [-0.2, 0) is 0 Å². The number of rotatable bonds is 7. The minimum atomic E-state index is -0.222. The molecule has 1 atom stereocenters. The van der Waals surface area contributed by atoms with E-state index < -0.39 is 0 Å². The van der Waals surface area contributed by atoms with Gasteiger partial charge >= 0.3 is 0 Å². The van der Waals surface area contributed by atoms with Crippen LogP contribution in [0.1, 0.15) is 89.1 Å². The molecule has 1 heterocycles. The Hall–Kier alpha value is -3.41. The normalized spacial score (nSPS) is 17.3. The van der Waals surface area contributed by atoms with Gasteiger partial charge in [-0.3, -0.25) is 9.59 Å². The predicted octanol–water partition coefficient (Wildman–Crippen LogP) is 5.86. The molecule has 0 bridgehead atoms. The van der Waals surface area contributed by atoms with Crippen molar-refractivity contribution in [2.24, 2.45) is 5.92 Å². The highest BCUT2D eigenvalue weighted by Gasteiger charge is 2.31. The maximum Gasteiger partial charge on any atom is 0.273 e. The van der Waals surface area contributed by atoms with E-state index in [4.69, 9.17) is 4.52 Å². The second-order valence-corrected chi connectivity index (χ2v) is 9.18. The van der Waals surface area contributed by atoms with Crippen molar-refractivity contribution >= 4 is 17.5 Å². The van der Waals surface area contributed by atoms with Crippen LogP contribution in [0.15, 0.2) is 65.2 Å². The van der Waals surface area contributed by atoms with Crippen molar-refractivity contribution in [1.29, 1.82) is 0 Å². The van der Waals surface area contributed by atoms with Crippen molar-refractivity contribution < 1.29 is 14.1 Å². The van der Waals surface area contributed by atoms with Crippen molar-refractivity contribution in [3.8, 4) is 0 Å². The Bertz CT molecular complexity index is 1110. The third kappa shape index (κ3) is 5.16. The van der Waals surface area contributed by atoms with Crippen LogP contribution < -0.4 is 10.6 Å². The smallest absolute Gasteiger partial charge is 0.273 e. The van der Waals surface area contributed by atoms with E-state index in [-0.39, 0.29) is 17.9 Å². The molecule has 2 saturated carbocycles. The lowest BCUT2D eigenvalue weighted by molar-refractivity contribution is 0.0903. The SMILES string of the molecule is O=C(Nc1ccccc1)c1cccc(C(NC(=O)c2cc(C3CC3)on2)C2CCCCC2)c1. The summed E-state index contributed by atoms with van der Waals surface area (Å²) < 4.78 is 5.39. The third-order valence-electron chi connectivity index (χ3n) is 6.69. The number of hydrogen-bond acceptors (Lipinski definition) is 4. The van der Waals surface area contributed by atoms with E-state index in [1.54, 1.807) is 12.1 Å². The number of carbonyl (C=O) groups excluding carboxylic acids is 2. The van der Waals surface area contributed by atoms with E-state index in [1.807, 2.05) is 48.5 Å². The van der Waals surface area contributed by atoms with Gasteiger partial charge < -0.3 is 15.2 Å². The number of benzene rings is 2. The number of carbonyl (C=O) groups is 2. The number of nitrogens with one attached hydrogen (secondary N) is 2. The van der Waals surface area contributed by atoms with Crippen LogP contribution in [0, 0.1) is 5.92 Å². The van der Waals surface area contributed by atoms with Crippen molar-refractivity contribution in [3.63, 3.8) is 0 Å². The fraction of sp³-hybridized carbons (Fsp3) is 0.370. The first kappa shape index (κ1) is 21.4. The highest BCUT2D eigenvalue weighted by atomic mass is 16.5. The minimum Gasteiger partial charge on any atom is -0.360 e. The van der Waals surface area contributed by atoms with Gasteiger partial charge in [-0.15, -0.1) is 0 Å². The molecule has 3 aromatic rings. The van der Waals surface area contributed by atoms with Gasteiger partial charge in [-0.25, -0.2) is 0 Å². The Balaban J connectivity index is 1.37. The first-order valence-electron chi connectivity index (χ1n) is 11.9. The summed E-state index contributed by atoms with van der Waals surface area (Å²) in [5.41, 5.74) is 2.60. The van der Waals surface area contributed by atoms with Gasteiger partial charge in [0.25, 0.3) is 11.8 Å². The van der Waals surface area contributed by atoms with E-state index in [2.05, 4.69) is 15.8 Å². The van der Waals surface area contributed by atoms with E-state index >= 15 is 0 Å². The molecule has 2 N–H and O–H groups in total. The molecular weight excluding hydrogens is 414 g/mol. The molecule has 6 nitrogen and oxygen atoms in total. The summed E-state index contributed by atoms with van der Waals surface area (Å²) in [6.07, 6.45) is 7.83. The summed E-state index contributed by atoms with van der Waals surface area (Å²) in [6.45, 7) is 0. The quantitative estimate of drug-likeness (QED) is 0.479. The van der Waals surface area contributed by atoms with E-state index in [9.17, 15) is 9.59 Å². The van der Waals surface area contributed by atoms with Crippen LogP contribution in [0.3, 0.4) is 0 Å². The summed E-state index contributed by atoms with van der Waals surface area (Å²) in [5, 5.41) is 10.2. The Morgan fingerprint density at radius 3 is 2.42 bits per heavy atom. The molecule has 2 aliphatic carbocycles. The van der Waals surface area contributed by atoms with Crippen molar-refractivity contribution in [1.82, 2.24) is 10.5 Å². The number of amides is 2. The zero-order valence-electron chi connectivity index (χ0n) is 18.6. The molecule has 2 amide bonds. The molecule has 33 heavy (non-hydrogen) atoms. The lowest BCUT2D eigenvalue weighted by atomic mass is 9.80. The van der Waals surface area contributed by atoms with Crippen LogP contribution in [0.4, 0.5) is 5.69 Å². The maximum atomic E-state index is 13.1. The fourth-order valence-electron chi connectivity index (χ4n) is 4.71. The van der Waals surface area contributed by atoms with Crippen molar-refractivity contribution in [3.05, 3.63) is 83.2 Å². The molecule has 170 valence electrons. The van der Waals surface area contributed by atoms with Gasteiger partial charge in [-0.05, 0) is 61.4 Å². The van der Waals surface area contributed by atoms with Crippen LogP contribution in [0.25, 0.3) is 0 Å². The first-order chi connectivity index (χ1) is 16.2. The molecule has 0 radical (unpaired) electrons. The average molecular weight is 444 g/mol. The number of para-hydroxylation sites is 1. The second-order valence-electron chi connectivity index (χ2n) is 9.18. The lowest BCUT2D eigenvalue weighted by Gasteiger charge is -2.31. The maximum absolute atomic E-state index is 13.1. The Morgan fingerprint density at radius 1 is 0.879 bits per heavy atom. The van der Waals surface area contributed by atoms with Gasteiger partial charge in [0, 0.05) is 23.2 Å². The predicted molar refractivity (Wildman–Crippen MR) is 126 cm³/mol. The Kier molecular flexibility index (Phi) is 6.24. The van der Waals surface area contributed by atoms with E-state index in [1.165, 1.54) is 6.42 Å². The second kappa shape index (κ2) is 9.61. The van der Waals surface area contributed by atoms with E-state index in [0.29, 0.717) is 23.1 Å². The van der Waals surface area contributed by atoms with Crippen molar-refractivity contribution in [2.45, 2.75) is 56.9 Å². The molecule has 2 aromatic carbocycles. The largest absolute Gasteiger partial charge is 0.360 e. The zero-order chi connectivity index (χ0) is 22.6. The third-order valence-corrected chi connectivity index (χ3v) is 6.69. The van der Waals surface area contributed by atoms with Crippen LogP contribution >= 0.6 is 0 Å². The molecule has 1 unspecified atom stereocenters. The van der Waals surface area contributed by atoms with E-state index in [0.717, 1.165) is 55.5 Å². The van der Waals surface area contributed by atoms with Gasteiger partial charge in [0.1, 0.15) is 5.76 Å². The van der Waals surface area contributed by atoms with Gasteiger partial charge in [0.2, 0.25) is 0 Å². The average Bonchev–Trinajstić information content (AvgIpc) is 3.59. The summed E-state index contributed by atoms with van der Waals surface area (Å²) in [7, 11) is 0. The molecule has 6 heteroatoms. The van der Waals surface area contributed by atoms with Gasteiger partial charge in [0.05, 0.1) is 6.04 Å². The molecule has 0 spiro atoms. The van der Waals surface area contributed by atoms with Crippen LogP contribution in [0.2, 0.25) is 0 Å². The van der Waals surface area contributed by atoms with Gasteiger partial charge in [0.15, 0.2) is 5.69 Å². The van der Waals surface area contributed by atoms with Crippen LogP contribution in [-0.4, -0.2) is 17.0 Å². The standard InChI is InChI=1S/C27H29N3O3/c31-26(28-22-12-5-2-6-13-22)21-11-7-10-20(16-21)25(19-8-3-1-4-9-19)29-27(32)23-17-24(33-30-23)18-14-15-18/h2,5-7,10-13,16-19,25H,1,3-4,8-9,14-15H2,(H,28,31)(H,29,32). The number of anilines is 1. The van der Waals surface area contributed by atoms with Crippen LogP contribution in [0.5, 0.6) is 0 Å². The van der Waals surface area contributed by atoms with Crippen molar-refractivity contribution in [2.75, 3.05) is 5.32 Å². The number of nitrogens with zero attached hydrogens (tertiary/aromatic N) is 1. The fourth-order valence-corrected chi connectivity index (χ4v) is 4.71. The summed E-state index contributed by atoms with van der Waals surface area (Å²) in [6, 6.07) is 18.6. The molecule has 1 aromatic heterocycles. The Labute approximate surface area is 193 Å². The molecule has 0 aliphatic heterocycles. The number of hydrogen-bond donors (Lipinski definition) is 2. The monoisotopic (exact) mass is 443 g/mol. The summed E-state index contributed by atoms with van der Waals surface area (Å²) >= 11 is 0. The highest BCUT2D eigenvalue weighted by molar-refractivity contribution is 6.04. The Morgan fingerprint density at radius 2 is 1.67 bits per heavy atom.